The van der Waals surface area contributed by atoms with Crippen LogP contribution in [0.3, 0.4) is 0 Å². The van der Waals surface area contributed by atoms with E-state index >= 15 is 0 Å². The molecule has 2 heteroatoms. The van der Waals surface area contributed by atoms with Gasteiger partial charge in [-0.25, -0.2) is 0 Å². The molecule has 20 heavy (non-hydrogen) atoms. The van der Waals surface area contributed by atoms with Crippen LogP contribution in [0.1, 0.15) is 29.5 Å². The summed E-state index contributed by atoms with van der Waals surface area (Å²) in [6.45, 7) is 3.24. The largest absolute Gasteiger partial charge is 0.497 e. The van der Waals surface area contributed by atoms with Gasteiger partial charge in [-0.05, 0) is 41.2 Å². The average molecular weight is 267 g/mol. The van der Waals surface area contributed by atoms with Gasteiger partial charge < -0.3 is 10.1 Å². The van der Waals surface area contributed by atoms with Gasteiger partial charge in [0.25, 0.3) is 0 Å². The second-order valence-electron chi connectivity index (χ2n) is 5.53. The van der Waals surface area contributed by atoms with Crippen molar-refractivity contribution in [2.24, 2.45) is 0 Å². The van der Waals surface area contributed by atoms with Gasteiger partial charge in [-0.2, -0.15) is 0 Å². The molecule has 1 aliphatic rings. The molecule has 2 atom stereocenters. The molecule has 0 spiro atoms. The van der Waals surface area contributed by atoms with Crippen LogP contribution in [0.5, 0.6) is 5.75 Å². The van der Waals surface area contributed by atoms with Crippen molar-refractivity contribution < 1.29 is 4.74 Å². The van der Waals surface area contributed by atoms with Gasteiger partial charge in [0, 0.05) is 12.6 Å². The molecule has 3 rings (SSSR count). The first-order valence-corrected chi connectivity index (χ1v) is 7.22. The number of benzene rings is 2. The fraction of sp³-hybridized carbons (Fsp3) is 0.333. The second kappa shape index (κ2) is 5.68. The number of hydrogen-bond acceptors (Lipinski definition) is 2. The van der Waals surface area contributed by atoms with E-state index < -0.39 is 0 Å². The van der Waals surface area contributed by atoms with Gasteiger partial charge in [0.1, 0.15) is 5.75 Å². The monoisotopic (exact) mass is 267 g/mol. The zero-order valence-electron chi connectivity index (χ0n) is 12.1. The molecular weight excluding hydrogens is 246 g/mol. The molecule has 1 aliphatic heterocycles. The third-order valence-electron chi connectivity index (χ3n) is 4.30. The van der Waals surface area contributed by atoms with Crippen molar-refractivity contribution in [2.75, 3.05) is 7.11 Å². The molecule has 104 valence electrons. The Morgan fingerprint density at radius 3 is 2.70 bits per heavy atom. The smallest absolute Gasteiger partial charge is 0.119 e. The van der Waals surface area contributed by atoms with Crippen molar-refractivity contribution in [1.29, 1.82) is 0 Å². The summed E-state index contributed by atoms with van der Waals surface area (Å²) < 4.78 is 5.31. The number of hydrogen-bond donors (Lipinski definition) is 1. The first-order valence-electron chi connectivity index (χ1n) is 7.22. The van der Waals surface area contributed by atoms with E-state index in [1.54, 1.807) is 7.11 Å². The first-order chi connectivity index (χ1) is 9.78. The zero-order valence-corrected chi connectivity index (χ0v) is 12.1. The quantitative estimate of drug-likeness (QED) is 0.919. The first kappa shape index (κ1) is 13.2. The Kier molecular flexibility index (Phi) is 3.75. The third kappa shape index (κ3) is 2.56. The molecule has 0 fully saturated rings. The second-order valence-corrected chi connectivity index (χ2v) is 5.53. The SMILES string of the molecule is COc1ccc2c(c1)CNC(Cc1ccccc1)C2C. The van der Waals surface area contributed by atoms with E-state index in [1.165, 1.54) is 16.7 Å². The van der Waals surface area contributed by atoms with Crippen LogP contribution >= 0.6 is 0 Å². The number of fused-ring (bicyclic) bond motifs is 1. The standard InChI is InChI=1S/C18H21NO/c1-13-17-9-8-16(20-2)11-15(17)12-19-18(13)10-14-6-4-3-5-7-14/h3-9,11,13,18-19H,10,12H2,1-2H3. The van der Waals surface area contributed by atoms with Gasteiger partial charge >= 0.3 is 0 Å². The van der Waals surface area contributed by atoms with Gasteiger partial charge in [0.15, 0.2) is 0 Å². The van der Waals surface area contributed by atoms with E-state index in [4.69, 9.17) is 4.74 Å². The Labute approximate surface area is 120 Å². The Balaban J connectivity index is 1.80. The molecule has 0 bridgehead atoms. The number of nitrogens with one attached hydrogen (secondary N) is 1. The van der Waals surface area contributed by atoms with Crippen LogP contribution in [0.4, 0.5) is 0 Å². The minimum Gasteiger partial charge on any atom is -0.497 e. The van der Waals surface area contributed by atoms with Crippen LogP contribution < -0.4 is 10.1 Å². The molecule has 2 aromatic rings. The highest BCUT2D eigenvalue weighted by Crippen LogP contribution is 2.31. The summed E-state index contributed by atoms with van der Waals surface area (Å²) in [7, 11) is 1.72. The number of rotatable bonds is 3. The Morgan fingerprint density at radius 2 is 1.95 bits per heavy atom. The maximum atomic E-state index is 5.31. The van der Waals surface area contributed by atoms with Crippen LogP contribution in [-0.4, -0.2) is 13.2 Å². The number of methoxy groups -OCH3 is 1. The molecule has 1 heterocycles. The Bertz CT molecular complexity index is 579. The molecule has 1 N–H and O–H groups in total. The Hall–Kier alpha value is -1.80. The van der Waals surface area contributed by atoms with Gasteiger partial charge in [0.05, 0.1) is 7.11 Å². The van der Waals surface area contributed by atoms with E-state index in [2.05, 4.69) is 60.8 Å². The van der Waals surface area contributed by atoms with Crippen molar-refractivity contribution in [3.8, 4) is 5.75 Å². The van der Waals surface area contributed by atoms with E-state index in [0.29, 0.717) is 12.0 Å². The van der Waals surface area contributed by atoms with Crippen molar-refractivity contribution in [2.45, 2.75) is 31.8 Å². The van der Waals surface area contributed by atoms with Crippen molar-refractivity contribution in [3.63, 3.8) is 0 Å². The van der Waals surface area contributed by atoms with E-state index in [9.17, 15) is 0 Å². The van der Waals surface area contributed by atoms with E-state index in [1.807, 2.05) is 0 Å². The summed E-state index contributed by atoms with van der Waals surface area (Å²) in [5.41, 5.74) is 4.21. The molecule has 2 aromatic carbocycles. The summed E-state index contributed by atoms with van der Waals surface area (Å²) in [5, 5.41) is 3.67. The summed E-state index contributed by atoms with van der Waals surface area (Å²) >= 11 is 0. The third-order valence-corrected chi connectivity index (χ3v) is 4.30. The summed E-state index contributed by atoms with van der Waals surface area (Å²) in [5.74, 6) is 1.46. The summed E-state index contributed by atoms with van der Waals surface area (Å²) in [6, 6.07) is 17.6. The van der Waals surface area contributed by atoms with Gasteiger partial charge in [-0.3, -0.25) is 0 Å². The molecule has 0 aliphatic carbocycles. The van der Waals surface area contributed by atoms with Crippen molar-refractivity contribution in [1.82, 2.24) is 5.32 Å². The van der Waals surface area contributed by atoms with Crippen LogP contribution in [0.2, 0.25) is 0 Å². The van der Waals surface area contributed by atoms with Crippen LogP contribution in [0.15, 0.2) is 48.5 Å². The summed E-state index contributed by atoms with van der Waals surface area (Å²) in [4.78, 5) is 0. The fourth-order valence-electron chi connectivity index (χ4n) is 3.06. The predicted molar refractivity (Wildman–Crippen MR) is 82.2 cm³/mol. The lowest BCUT2D eigenvalue weighted by Gasteiger charge is -2.33. The molecule has 0 saturated carbocycles. The maximum Gasteiger partial charge on any atom is 0.119 e. The minimum absolute atomic E-state index is 0.498. The lowest BCUT2D eigenvalue weighted by atomic mass is 9.83. The minimum atomic E-state index is 0.498. The molecule has 0 radical (unpaired) electrons. The van der Waals surface area contributed by atoms with Crippen LogP contribution in [0.25, 0.3) is 0 Å². The molecule has 2 nitrogen and oxygen atoms in total. The lowest BCUT2D eigenvalue weighted by Crippen LogP contribution is -2.39. The highest BCUT2D eigenvalue weighted by molar-refractivity contribution is 5.40. The predicted octanol–water partition coefficient (Wildman–Crippen LogP) is 3.51. The normalized spacial score (nSPS) is 21.3. The van der Waals surface area contributed by atoms with Gasteiger partial charge in [-0.1, -0.05) is 43.3 Å². The summed E-state index contributed by atoms with van der Waals surface area (Å²) in [6.07, 6.45) is 1.08. The van der Waals surface area contributed by atoms with E-state index in [0.717, 1.165) is 18.7 Å². The lowest BCUT2D eigenvalue weighted by molar-refractivity contribution is 0.401. The van der Waals surface area contributed by atoms with Crippen LogP contribution in [-0.2, 0) is 13.0 Å². The Morgan fingerprint density at radius 1 is 1.15 bits per heavy atom. The fourth-order valence-corrected chi connectivity index (χ4v) is 3.06. The van der Waals surface area contributed by atoms with E-state index in [-0.39, 0.29) is 0 Å². The van der Waals surface area contributed by atoms with Crippen LogP contribution in [0, 0.1) is 0 Å². The van der Waals surface area contributed by atoms with Gasteiger partial charge in [0.2, 0.25) is 0 Å². The molecule has 0 saturated heterocycles. The highest BCUT2D eigenvalue weighted by Gasteiger charge is 2.25. The van der Waals surface area contributed by atoms with Gasteiger partial charge in [-0.15, -0.1) is 0 Å². The maximum absolute atomic E-state index is 5.31. The average Bonchev–Trinajstić information content (AvgIpc) is 2.51. The molecule has 0 aromatic heterocycles. The molecule has 2 unspecified atom stereocenters. The number of ether oxygens (including phenoxy) is 1. The zero-order chi connectivity index (χ0) is 13.9. The highest BCUT2D eigenvalue weighted by atomic mass is 16.5. The topological polar surface area (TPSA) is 21.3 Å². The van der Waals surface area contributed by atoms with Crippen molar-refractivity contribution >= 4 is 0 Å². The molecular formula is C18H21NO. The molecule has 0 amide bonds. The van der Waals surface area contributed by atoms with Crippen molar-refractivity contribution in [3.05, 3.63) is 65.2 Å².